The van der Waals surface area contributed by atoms with Gasteiger partial charge in [0.25, 0.3) is 5.56 Å². The molecule has 1 amide bonds. The molecule has 0 aromatic carbocycles. The molecule has 5 rings (SSSR count). The van der Waals surface area contributed by atoms with Gasteiger partial charge >= 0.3 is 0 Å². The molecule has 2 atom stereocenters. The van der Waals surface area contributed by atoms with Crippen molar-refractivity contribution in [2.24, 2.45) is 10.9 Å². The lowest BCUT2D eigenvalue weighted by Gasteiger charge is -2.19. The van der Waals surface area contributed by atoms with Gasteiger partial charge in [-0.2, -0.15) is 0 Å². The van der Waals surface area contributed by atoms with Crippen LogP contribution in [-0.4, -0.2) is 33.1 Å². The molecule has 140 valence electrons. The zero-order valence-electron chi connectivity index (χ0n) is 15.8. The fourth-order valence-corrected chi connectivity index (χ4v) is 4.84. The Labute approximate surface area is 156 Å². The van der Waals surface area contributed by atoms with E-state index in [1.54, 1.807) is 16.5 Å². The van der Waals surface area contributed by atoms with Gasteiger partial charge in [0, 0.05) is 18.3 Å². The number of rotatable bonds is 0. The fourth-order valence-electron chi connectivity index (χ4n) is 4.84. The summed E-state index contributed by atoms with van der Waals surface area (Å²) in [5.41, 5.74) is 3.50. The molecule has 7 nitrogen and oxygen atoms in total. The number of carbonyl (C=O) groups is 1. The molecule has 7 heteroatoms. The third-order valence-electron chi connectivity index (χ3n) is 6.06. The van der Waals surface area contributed by atoms with Crippen molar-refractivity contribution in [1.29, 1.82) is 0 Å². The zero-order chi connectivity index (χ0) is 18.9. The van der Waals surface area contributed by atoms with Gasteiger partial charge in [-0.15, -0.1) is 0 Å². The summed E-state index contributed by atoms with van der Waals surface area (Å²) >= 11 is 0. The normalized spacial score (nSPS) is 24.7. The second kappa shape index (κ2) is 5.65. The second-order valence-corrected chi connectivity index (χ2v) is 7.87. The molecule has 3 aliphatic rings. The maximum absolute atomic E-state index is 13.4. The van der Waals surface area contributed by atoms with Gasteiger partial charge in [0.15, 0.2) is 0 Å². The number of hydrogen-bond donors (Lipinski definition) is 0. The Morgan fingerprint density at radius 1 is 1.22 bits per heavy atom. The Bertz CT molecular complexity index is 1100. The van der Waals surface area contributed by atoms with Crippen molar-refractivity contribution in [3.05, 3.63) is 33.6 Å². The largest absolute Gasteiger partial charge is 0.451 e. The number of fused-ring (bicyclic) bond motifs is 6. The van der Waals surface area contributed by atoms with Gasteiger partial charge in [-0.05, 0) is 38.3 Å². The molecule has 0 saturated heterocycles. The fraction of sp³-hybridized carbons (Fsp3) is 0.500. The van der Waals surface area contributed by atoms with Gasteiger partial charge in [0.05, 0.1) is 25.0 Å². The van der Waals surface area contributed by atoms with Crippen molar-refractivity contribution in [3.8, 4) is 0 Å². The number of carbonyl (C=O) groups excluding carboxylic acids is 1. The summed E-state index contributed by atoms with van der Waals surface area (Å²) < 4.78 is 7.72. The maximum Gasteiger partial charge on any atom is 0.297 e. The van der Waals surface area contributed by atoms with Crippen molar-refractivity contribution >= 4 is 28.3 Å². The molecule has 1 saturated carbocycles. The van der Waals surface area contributed by atoms with Crippen LogP contribution in [0.5, 0.6) is 0 Å². The van der Waals surface area contributed by atoms with Crippen molar-refractivity contribution in [1.82, 2.24) is 14.5 Å². The first kappa shape index (κ1) is 16.5. The molecule has 1 aliphatic carbocycles. The highest BCUT2D eigenvalue weighted by atomic mass is 16.3. The summed E-state index contributed by atoms with van der Waals surface area (Å²) in [6, 6.07) is -0.122. The molecule has 27 heavy (non-hydrogen) atoms. The predicted molar refractivity (Wildman–Crippen MR) is 102 cm³/mol. The van der Waals surface area contributed by atoms with E-state index >= 15 is 0 Å². The summed E-state index contributed by atoms with van der Waals surface area (Å²) in [6.45, 7) is 4.69. The van der Waals surface area contributed by atoms with E-state index in [1.165, 1.54) is 0 Å². The molecule has 4 heterocycles. The van der Waals surface area contributed by atoms with Crippen LogP contribution in [0, 0.1) is 5.92 Å². The SMILES string of the molecule is CC1=CC(C)=NCc2oc3c(=O)n4c(nc3c21)CN(C)C(=O)[C@H]1CCC[C@H]14. The van der Waals surface area contributed by atoms with E-state index in [0.717, 1.165) is 36.1 Å². The molecule has 1 fully saturated rings. The summed E-state index contributed by atoms with van der Waals surface area (Å²) in [6.07, 6.45) is 4.59. The van der Waals surface area contributed by atoms with Gasteiger partial charge in [-0.1, -0.05) is 6.42 Å². The van der Waals surface area contributed by atoms with Crippen molar-refractivity contribution in [3.63, 3.8) is 0 Å². The predicted octanol–water partition coefficient (Wildman–Crippen LogP) is 2.68. The average Bonchev–Trinajstić information content (AvgIpc) is 3.18. The van der Waals surface area contributed by atoms with Crippen LogP contribution < -0.4 is 5.56 Å². The summed E-state index contributed by atoms with van der Waals surface area (Å²) in [4.78, 5) is 37.2. The Hall–Kier alpha value is -2.70. The van der Waals surface area contributed by atoms with Crippen molar-refractivity contribution in [2.45, 2.75) is 52.2 Å². The second-order valence-electron chi connectivity index (χ2n) is 7.87. The maximum atomic E-state index is 13.4. The van der Waals surface area contributed by atoms with Crippen LogP contribution in [0.4, 0.5) is 0 Å². The number of aliphatic imine (C=N–C) groups is 1. The first-order chi connectivity index (χ1) is 13.0. The van der Waals surface area contributed by atoms with Gasteiger partial charge in [0.2, 0.25) is 11.5 Å². The van der Waals surface area contributed by atoms with Crippen LogP contribution in [0.25, 0.3) is 16.7 Å². The topological polar surface area (TPSA) is 80.7 Å². The van der Waals surface area contributed by atoms with Gasteiger partial charge in [-0.3, -0.25) is 19.1 Å². The molecule has 0 radical (unpaired) electrons. The smallest absolute Gasteiger partial charge is 0.297 e. The van der Waals surface area contributed by atoms with Crippen molar-refractivity contribution in [2.75, 3.05) is 7.05 Å². The van der Waals surface area contributed by atoms with Crippen LogP contribution in [0.1, 0.15) is 56.3 Å². The Balaban J connectivity index is 1.80. The first-order valence-corrected chi connectivity index (χ1v) is 9.47. The molecular weight excluding hydrogens is 344 g/mol. The summed E-state index contributed by atoms with van der Waals surface area (Å²) in [5, 5.41) is 0. The third kappa shape index (κ3) is 2.27. The Morgan fingerprint density at radius 3 is 2.85 bits per heavy atom. The minimum atomic E-state index is -0.170. The van der Waals surface area contributed by atoms with E-state index < -0.39 is 0 Å². The highest BCUT2D eigenvalue weighted by molar-refractivity contribution is 6.02. The average molecular weight is 366 g/mol. The molecule has 0 spiro atoms. The molecule has 0 N–H and O–H groups in total. The number of allylic oxidation sites excluding steroid dienone is 2. The number of hydrogen-bond acceptors (Lipinski definition) is 5. The molecule has 2 aromatic rings. The highest BCUT2D eigenvalue weighted by Gasteiger charge is 2.41. The third-order valence-corrected chi connectivity index (χ3v) is 6.06. The first-order valence-electron chi connectivity index (χ1n) is 9.47. The lowest BCUT2D eigenvalue weighted by atomic mass is 10.0. The van der Waals surface area contributed by atoms with E-state index in [1.807, 2.05) is 19.9 Å². The van der Waals surface area contributed by atoms with Crippen LogP contribution in [0.3, 0.4) is 0 Å². The lowest BCUT2D eigenvalue weighted by molar-refractivity contribution is -0.134. The number of furan rings is 1. The summed E-state index contributed by atoms with van der Waals surface area (Å²) in [5.74, 6) is 1.30. The van der Waals surface area contributed by atoms with E-state index in [4.69, 9.17) is 9.40 Å². The lowest BCUT2D eigenvalue weighted by Crippen LogP contribution is -2.32. The molecule has 0 bridgehead atoms. The van der Waals surface area contributed by atoms with Gasteiger partial charge in [0.1, 0.15) is 17.1 Å². The minimum Gasteiger partial charge on any atom is -0.451 e. The van der Waals surface area contributed by atoms with Crippen molar-refractivity contribution < 1.29 is 9.21 Å². The summed E-state index contributed by atoms with van der Waals surface area (Å²) in [7, 11) is 1.79. The van der Waals surface area contributed by atoms with E-state index in [2.05, 4.69) is 4.99 Å². The van der Waals surface area contributed by atoms with Gasteiger partial charge < -0.3 is 9.32 Å². The minimum absolute atomic E-state index is 0.109. The number of amides is 1. The van der Waals surface area contributed by atoms with Crippen LogP contribution >= 0.6 is 0 Å². The van der Waals surface area contributed by atoms with Gasteiger partial charge in [-0.25, -0.2) is 4.98 Å². The number of aromatic nitrogens is 2. The molecular formula is C20H22N4O3. The highest BCUT2D eigenvalue weighted by Crippen LogP contribution is 2.40. The molecule has 0 unspecified atom stereocenters. The van der Waals surface area contributed by atoms with E-state index in [-0.39, 0.29) is 29.0 Å². The molecule has 2 aliphatic heterocycles. The Kier molecular flexibility index (Phi) is 3.44. The van der Waals surface area contributed by atoms with Crippen LogP contribution in [0.2, 0.25) is 0 Å². The number of nitrogens with zero attached hydrogens (tertiary/aromatic N) is 4. The molecule has 2 aromatic heterocycles. The zero-order valence-corrected chi connectivity index (χ0v) is 15.8. The standard InChI is InChI=1S/C20H22N4O3/c1-10-7-11(2)21-8-14-16(10)17-18(27-14)20(26)24-13-6-4-5-12(13)19(25)23(3)9-15(24)22-17/h7,12-13H,4-6,8-9H2,1-3H3/t12-,13+/m0/s1. The van der Waals surface area contributed by atoms with Crippen LogP contribution in [0.15, 0.2) is 20.3 Å². The quantitative estimate of drug-likeness (QED) is 0.718. The van der Waals surface area contributed by atoms with E-state index in [0.29, 0.717) is 30.2 Å². The van der Waals surface area contributed by atoms with Crippen LogP contribution in [-0.2, 0) is 17.9 Å². The van der Waals surface area contributed by atoms with E-state index in [9.17, 15) is 9.59 Å². The Morgan fingerprint density at radius 2 is 2.04 bits per heavy atom. The monoisotopic (exact) mass is 366 g/mol.